The minimum Gasteiger partial charge on any atom is -0.307 e. The third kappa shape index (κ3) is 2.48. The number of hydrogen-bond donors (Lipinski definition) is 1. The molecule has 0 bridgehead atoms. The molecule has 5 heteroatoms. The van der Waals surface area contributed by atoms with E-state index in [1.165, 1.54) is 4.57 Å². The van der Waals surface area contributed by atoms with Crippen molar-refractivity contribution in [1.82, 2.24) is 9.55 Å². The van der Waals surface area contributed by atoms with E-state index in [-0.39, 0.29) is 11.2 Å². The molecule has 0 radical (unpaired) electrons. The van der Waals surface area contributed by atoms with Crippen LogP contribution in [0.15, 0.2) is 27.8 Å². The first kappa shape index (κ1) is 12.9. The van der Waals surface area contributed by atoms with Crippen LogP contribution in [0.5, 0.6) is 0 Å². The molecule has 0 atom stereocenters. The number of halogens is 1. The summed E-state index contributed by atoms with van der Waals surface area (Å²) in [6.07, 6.45) is 2.87. The molecule has 2 rings (SSSR count). The highest BCUT2D eigenvalue weighted by atomic mass is 35.5. The molecule has 1 aromatic heterocycles. The highest BCUT2D eigenvalue weighted by Gasteiger charge is 2.07. The lowest BCUT2D eigenvalue weighted by Gasteiger charge is -2.06. The van der Waals surface area contributed by atoms with Crippen molar-refractivity contribution in [2.75, 3.05) is 0 Å². The van der Waals surface area contributed by atoms with Gasteiger partial charge in [-0.15, -0.1) is 0 Å². The molecule has 0 fully saturated rings. The van der Waals surface area contributed by atoms with Crippen LogP contribution in [0.3, 0.4) is 0 Å². The van der Waals surface area contributed by atoms with Crippen LogP contribution in [0.4, 0.5) is 0 Å². The lowest BCUT2D eigenvalue weighted by molar-refractivity contribution is 0.568. The Kier molecular flexibility index (Phi) is 3.87. The van der Waals surface area contributed by atoms with Crippen molar-refractivity contribution in [3.05, 3.63) is 44.1 Å². The lowest BCUT2D eigenvalue weighted by Crippen LogP contribution is -2.35. The van der Waals surface area contributed by atoms with Crippen LogP contribution in [0.2, 0.25) is 5.02 Å². The Labute approximate surface area is 109 Å². The first-order valence-electron chi connectivity index (χ1n) is 6.06. The number of unbranched alkanes of at least 4 members (excludes halogenated alkanes) is 2. The van der Waals surface area contributed by atoms with Gasteiger partial charge in [0.25, 0.3) is 5.56 Å². The Morgan fingerprint density at radius 2 is 2.06 bits per heavy atom. The molecule has 0 saturated carbocycles. The topological polar surface area (TPSA) is 54.9 Å². The van der Waals surface area contributed by atoms with Gasteiger partial charge < -0.3 is 4.98 Å². The summed E-state index contributed by atoms with van der Waals surface area (Å²) >= 11 is 5.87. The van der Waals surface area contributed by atoms with Crippen molar-refractivity contribution < 1.29 is 0 Å². The molecule has 0 aliphatic heterocycles. The van der Waals surface area contributed by atoms with E-state index in [1.54, 1.807) is 18.2 Å². The number of hydrogen-bond acceptors (Lipinski definition) is 2. The number of benzene rings is 1. The van der Waals surface area contributed by atoms with Crippen molar-refractivity contribution in [2.45, 2.75) is 32.7 Å². The van der Waals surface area contributed by atoms with E-state index in [0.717, 1.165) is 19.3 Å². The molecular formula is C13H15ClN2O2. The summed E-state index contributed by atoms with van der Waals surface area (Å²) in [5.41, 5.74) is -0.0978. The van der Waals surface area contributed by atoms with Crippen LogP contribution in [0, 0.1) is 0 Å². The molecule has 1 heterocycles. The van der Waals surface area contributed by atoms with Gasteiger partial charge in [0.15, 0.2) is 0 Å². The van der Waals surface area contributed by atoms with E-state index >= 15 is 0 Å². The second-order valence-corrected chi connectivity index (χ2v) is 4.72. The van der Waals surface area contributed by atoms with Crippen LogP contribution < -0.4 is 11.2 Å². The summed E-state index contributed by atoms with van der Waals surface area (Å²) in [5, 5.41) is 0.949. The Hall–Kier alpha value is -1.55. The van der Waals surface area contributed by atoms with Gasteiger partial charge in [-0.05, 0) is 24.6 Å². The largest absolute Gasteiger partial charge is 0.328 e. The fourth-order valence-corrected chi connectivity index (χ4v) is 2.12. The van der Waals surface area contributed by atoms with Gasteiger partial charge in [-0.25, -0.2) is 4.79 Å². The standard InChI is InChI=1S/C13H15ClN2O2/c1-2-3-4-7-16-12(17)10-8-9(14)5-6-11(10)15-13(16)18/h5-6,8H,2-4,7H2,1H3,(H,15,18). The number of aromatic amines is 1. The van der Waals surface area contributed by atoms with Gasteiger partial charge in [-0.3, -0.25) is 9.36 Å². The molecular weight excluding hydrogens is 252 g/mol. The SMILES string of the molecule is CCCCCn1c(=O)[nH]c2ccc(Cl)cc2c1=O. The number of nitrogens with zero attached hydrogens (tertiary/aromatic N) is 1. The van der Waals surface area contributed by atoms with Crippen LogP contribution in [0.25, 0.3) is 10.9 Å². The molecule has 0 aliphatic carbocycles. The molecule has 2 aromatic rings. The molecule has 0 amide bonds. The smallest absolute Gasteiger partial charge is 0.307 e. The van der Waals surface area contributed by atoms with E-state index in [9.17, 15) is 9.59 Å². The monoisotopic (exact) mass is 266 g/mol. The van der Waals surface area contributed by atoms with Gasteiger partial charge in [0.1, 0.15) is 0 Å². The Morgan fingerprint density at radius 1 is 1.28 bits per heavy atom. The predicted octanol–water partition coefficient (Wildman–Crippen LogP) is 2.53. The Balaban J connectivity index is 2.53. The normalized spacial score (nSPS) is 11.0. The van der Waals surface area contributed by atoms with Gasteiger partial charge in [0.2, 0.25) is 0 Å². The summed E-state index contributed by atoms with van der Waals surface area (Å²) in [4.78, 5) is 26.7. The summed E-state index contributed by atoms with van der Waals surface area (Å²) in [6.45, 7) is 2.53. The summed E-state index contributed by atoms with van der Waals surface area (Å²) in [7, 11) is 0. The highest BCUT2D eigenvalue weighted by Crippen LogP contribution is 2.13. The maximum atomic E-state index is 12.2. The molecule has 96 valence electrons. The van der Waals surface area contributed by atoms with Gasteiger partial charge in [0.05, 0.1) is 10.9 Å². The summed E-state index contributed by atoms with van der Waals surface area (Å²) in [6, 6.07) is 4.89. The van der Waals surface area contributed by atoms with Crippen molar-refractivity contribution in [1.29, 1.82) is 0 Å². The first-order chi connectivity index (χ1) is 8.63. The van der Waals surface area contributed by atoms with E-state index in [0.29, 0.717) is 22.5 Å². The average Bonchev–Trinajstić information content (AvgIpc) is 2.35. The second kappa shape index (κ2) is 5.40. The van der Waals surface area contributed by atoms with Crippen molar-refractivity contribution in [2.24, 2.45) is 0 Å². The van der Waals surface area contributed by atoms with Crippen molar-refractivity contribution >= 4 is 22.5 Å². The quantitative estimate of drug-likeness (QED) is 0.865. The van der Waals surface area contributed by atoms with Crippen LogP contribution in [0.1, 0.15) is 26.2 Å². The number of aromatic nitrogens is 2. The van der Waals surface area contributed by atoms with Crippen molar-refractivity contribution in [3.8, 4) is 0 Å². The van der Waals surface area contributed by atoms with Gasteiger partial charge in [-0.2, -0.15) is 0 Å². The summed E-state index contributed by atoms with van der Waals surface area (Å²) in [5.74, 6) is 0. The average molecular weight is 267 g/mol. The third-order valence-electron chi connectivity index (χ3n) is 2.93. The molecule has 0 saturated heterocycles. The van der Waals surface area contributed by atoms with Crippen LogP contribution >= 0.6 is 11.6 Å². The zero-order valence-electron chi connectivity index (χ0n) is 10.2. The first-order valence-corrected chi connectivity index (χ1v) is 6.43. The minimum atomic E-state index is -0.356. The third-order valence-corrected chi connectivity index (χ3v) is 3.16. The van der Waals surface area contributed by atoms with Crippen LogP contribution in [-0.4, -0.2) is 9.55 Å². The van der Waals surface area contributed by atoms with E-state index in [1.807, 2.05) is 0 Å². The van der Waals surface area contributed by atoms with Crippen molar-refractivity contribution in [3.63, 3.8) is 0 Å². The van der Waals surface area contributed by atoms with Gasteiger partial charge in [-0.1, -0.05) is 31.4 Å². The van der Waals surface area contributed by atoms with E-state index < -0.39 is 0 Å². The number of rotatable bonds is 4. The second-order valence-electron chi connectivity index (χ2n) is 4.28. The summed E-state index contributed by atoms with van der Waals surface area (Å²) < 4.78 is 1.24. The highest BCUT2D eigenvalue weighted by molar-refractivity contribution is 6.31. The van der Waals surface area contributed by atoms with Gasteiger partial charge >= 0.3 is 5.69 Å². The lowest BCUT2D eigenvalue weighted by atomic mass is 10.2. The molecule has 0 aliphatic rings. The molecule has 0 unspecified atom stereocenters. The molecule has 1 N–H and O–H groups in total. The minimum absolute atomic E-state index is 0.271. The molecule has 0 spiro atoms. The maximum Gasteiger partial charge on any atom is 0.328 e. The number of fused-ring (bicyclic) bond motifs is 1. The van der Waals surface area contributed by atoms with Gasteiger partial charge in [0, 0.05) is 11.6 Å². The molecule has 4 nitrogen and oxygen atoms in total. The molecule has 1 aromatic carbocycles. The van der Waals surface area contributed by atoms with E-state index in [4.69, 9.17) is 11.6 Å². The zero-order chi connectivity index (χ0) is 13.1. The molecule has 18 heavy (non-hydrogen) atoms. The fourth-order valence-electron chi connectivity index (χ4n) is 1.95. The fraction of sp³-hybridized carbons (Fsp3) is 0.385. The Bertz CT molecular complexity index is 673. The Morgan fingerprint density at radius 3 is 2.78 bits per heavy atom. The number of H-pyrrole nitrogens is 1. The maximum absolute atomic E-state index is 12.2. The van der Waals surface area contributed by atoms with E-state index in [2.05, 4.69) is 11.9 Å². The predicted molar refractivity (Wildman–Crippen MR) is 73.4 cm³/mol. The van der Waals surface area contributed by atoms with Crippen LogP contribution in [-0.2, 0) is 6.54 Å². The number of nitrogens with one attached hydrogen (secondary N) is 1. The zero-order valence-corrected chi connectivity index (χ0v) is 11.0.